The highest BCUT2D eigenvalue weighted by molar-refractivity contribution is 5.91. The molecular weight excluding hydrogens is 266 g/mol. The molecule has 108 valence electrons. The SMILES string of the molecule is CCc1ccc(C(=O)NCCc2nc3ccccc3[nH]2)o1. The van der Waals surface area contributed by atoms with E-state index in [2.05, 4.69) is 15.3 Å². The molecular formula is C16H17N3O2. The predicted octanol–water partition coefficient (Wildman–Crippen LogP) is 2.69. The van der Waals surface area contributed by atoms with Gasteiger partial charge in [0.2, 0.25) is 0 Å². The first-order valence-electron chi connectivity index (χ1n) is 7.07. The van der Waals surface area contributed by atoms with E-state index in [9.17, 15) is 4.79 Å². The molecule has 1 aromatic carbocycles. The fraction of sp³-hybridized carbons (Fsp3) is 0.250. The molecule has 3 rings (SSSR count). The van der Waals surface area contributed by atoms with Crippen molar-refractivity contribution in [2.24, 2.45) is 0 Å². The monoisotopic (exact) mass is 283 g/mol. The maximum atomic E-state index is 11.9. The first kappa shape index (κ1) is 13.4. The van der Waals surface area contributed by atoms with E-state index in [4.69, 9.17) is 4.42 Å². The van der Waals surface area contributed by atoms with Gasteiger partial charge in [0.25, 0.3) is 5.91 Å². The van der Waals surface area contributed by atoms with E-state index in [1.165, 1.54) is 0 Å². The number of para-hydroxylation sites is 2. The highest BCUT2D eigenvalue weighted by Crippen LogP contribution is 2.11. The minimum Gasteiger partial charge on any atom is -0.456 e. The normalized spacial score (nSPS) is 10.9. The van der Waals surface area contributed by atoms with Crippen LogP contribution >= 0.6 is 0 Å². The summed E-state index contributed by atoms with van der Waals surface area (Å²) in [7, 11) is 0. The van der Waals surface area contributed by atoms with Crippen LogP contribution in [-0.4, -0.2) is 22.4 Å². The number of H-pyrrole nitrogens is 1. The third kappa shape index (κ3) is 2.97. The summed E-state index contributed by atoms with van der Waals surface area (Å²) in [6, 6.07) is 11.4. The second-order valence-corrected chi connectivity index (χ2v) is 4.83. The zero-order chi connectivity index (χ0) is 14.7. The maximum absolute atomic E-state index is 11.9. The number of nitrogens with zero attached hydrogens (tertiary/aromatic N) is 1. The minimum absolute atomic E-state index is 0.189. The highest BCUT2D eigenvalue weighted by Gasteiger charge is 2.10. The Morgan fingerprint density at radius 1 is 1.29 bits per heavy atom. The van der Waals surface area contributed by atoms with Gasteiger partial charge in [-0.1, -0.05) is 19.1 Å². The molecule has 0 aliphatic rings. The molecule has 0 atom stereocenters. The average molecular weight is 283 g/mol. The van der Waals surface area contributed by atoms with E-state index in [1.54, 1.807) is 6.07 Å². The van der Waals surface area contributed by atoms with Gasteiger partial charge in [-0.05, 0) is 24.3 Å². The van der Waals surface area contributed by atoms with Crippen LogP contribution in [0.1, 0.15) is 29.1 Å². The van der Waals surface area contributed by atoms with Crippen molar-refractivity contribution in [3.05, 3.63) is 53.7 Å². The Kier molecular flexibility index (Phi) is 3.73. The number of imidazole rings is 1. The van der Waals surface area contributed by atoms with Crippen LogP contribution in [-0.2, 0) is 12.8 Å². The number of fused-ring (bicyclic) bond motifs is 1. The molecule has 0 fully saturated rings. The number of carbonyl (C=O) groups is 1. The topological polar surface area (TPSA) is 70.9 Å². The number of hydrogen-bond acceptors (Lipinski definition) is 3. The third-order valence-electron chi connectivity index (χ3n) is 3.32. The summed E-state index contributed by atoms with van der Waals surface area (Å²) < 4.78 is 5.41. The quantitative estimate of drug-likeness (QED) is 0.756. The molecule has 3 aromatic rings. The third-order valence-corrected chi connectivity index (χ3v) is 3.32. The number of hydrogen-bond donors (Lipinski definition) is 2. The van der Waals surface area contributed by atoms with Gasteiger partial charge in [0.15, 0.2) is 5.76 Å². The summed E-state index contributed by atoms with van der Waals surface area (Å²) in [6.45, 7) is 2.50. The first-order valence-corrected chi connectivity index (χ1v) is 7.07. The first-order chi connectivity index (χ1) is 10.3. The predicted molar refractivity (Wildman–Crippen MR) is 80.2 cm³/mol. The molecule has 0 unspecified atom stereocenters. The Labute approximate surface area is 122 Å². The maximum Gasteiger partial charge on any atom is 0.287 e. The van der Waals surface area contributed by atoms with Gasteiger partial charge in [-0.3, -0.25) is 4.79 Å². The Bertz CT molecular complexity index is 725. The van der Waals surface area contributed by atoms with Gasteiger partial charge in [0.05, 0.1) is 11.0 Å². The molecule has 5 nitrogen and oxygen atoms in total. The lowest BCUT2D eigenvalue weighted by atomic mass is 10.3. The summed E-state index contributed by atoms with van der Waals surface area (Å²) in [5.74, 6) is 1.85. The summed E-state index contributed by atoms with van der Waals surface area (Å²) in [4.78, 5) is 19.6. The molecule has 5 heteroatoms. The van der Waals surface area contributed by atoms with Crippen LogP contribution in [0.3, 0.4) is 0 Å². The molecule has 2 heterocycles. The van der Waals surface area contributed by atoms with E-state index in [-0.39, 0.29) is 5.91 Å². The van der Waals surface area contributed by atoms with Crippen molar-refractivity contribution >= 4 is 16.9 Å². The molecule has 0 saturated carbocycles. The molecule has 0 bridgehead atoms. The fourth-order valence-electron chi connectivity index (χ4n) is 2.20. The summed E-state index contributed by atoms with van der Waals surface area (Å²) >= 11 is 0. The van der Waals surface area contributed by atoms with Crippen LogP contribution in [0.4, 0.5) is 0 Å². The molecule has 0 saturated heterocycles. The van der Waals surface area contributed by atoms with Crippen LogP contribution in [0.2, 0.25) is 0 Å². The Balaban J connectivity index is 1.56. The summed E-state index contributed by atoms with van der Waals surface area (Å²) in [5, 5.41) is 2.84. The number of aromatic amines is 1. The molecule has 21 heavy (non-hydrogen) atoms. The second kappa shape index (κ2) is 5.83. The van der Waals surface area contributed by atoms with E-state index in [0.29, 0.717) is 18.7 Å². The van der Waals surface area contributed by atoms with Crippen molar-refractivity contribution in [3.63, 3.8) is 0 Å². The van der Waals surface area contributed by atoms with Crippen LogP contribution < -0.4 is 5.32 Å². The number of furan rings is 1. The van der Waals surface area contributed by atoms with E-state index in [1.807, 2.05) is 37.3 Å². The number of carbonyl (C=O) groups excluding carboxylic acids is 1. The highest BCUT2D eigenvalue weighted by atomic mass is 16.3. The lowest BCUT2D eigenvalue weighted by molar-refractivity contribution is 0.0924. The average Bonchev–Trinajstić information content (AvgIpc) is 3.13. The van der Waals surface area contributed by atoms with Gasteiger partial charge in [0, 0.05) is 19.4 Å². The number of rotatable bonds is 5. The van der Waals surface area contributed by atoms with E-state index >= 15 is 0 Å². The summed E-state index contributed by atoms with van der Waals surface area (Å²) in [5.41, 5.74) is 1.95. The molecule has 0 radical (unpaired) electrons. The Hall–Kier alpha value is -2.56. The van der Waals surface area contributed by atoms with Crippen LogP contribution in [0.5, 0.6) is 0 Å². The lowest BCUT2D eigenvalue weighted by Crippen LogP contribution is -2.25. The lowest BCUT2D eigenvalue weighted by Gasteiger charge is -2.01. The van der Waals surface area contributed by atoms with Crippen molar-refractivity contribution < 1.29 is 9.21 Å². The van der Waals surface area contributed by atoms with Crippen molar-refractivity contribution in [1.29, 1.82) is 0 Å². The van der Waals surface area contributed by atoms with Crippen LogP contribution in [0, 0.1) is 0 Å². The van der Waals surface area contributed by atoms with Gasteiger partial charge in [-0.25, -0.2) is 4.98 Å². The van der Waals surface area contributed by atoms with Crippen molar-refractivity contribution in [3.8, 4) is 0 Å². The Morgan fingerprint density at radius 3 is 2.90 bits per heavy atom. The largest absolute Gasteiger partial charge is 0.456 e. The second-order valence-electron chi connectivity index (χ2n) is 4.83. The van der Waals surface area contributed by atoms with Gasteiger partial charge < -0.3 is 14.7 Å². The van der Waals surface area contributed by atoms with Crippen molar-refractivity contribution in [2.45, 2.75) is 19.8 Å². The fourth-order valence-corrected chi connectivity index (χ4v) is 2.20. The smallest absolute Gasteiger partial charge is 0.287 e. The minimum atomic E-state index is -0.189. The molecule has 0 aliphatic heterocycles. The molecule has 1 amide bonds. The standard InChI is InChI=1S/C16H17N3O2/c1-2-11-7-8-14(21-11)16(20)17-10-9-15-18-12-5-3-4-6-13(12)19-15/h3-8H,2,9-10H2,1H3,(H,17,20)(H,18,19). The summed E-state index contributed by atoms with van der Waals surface area (Å²) in [6.07, 6.45) is 1.44. The zero-order valence-corrected chi connectivity index (χ0v) is 11.8. The van der Waals surface area contributed by atoms with Gasteiger partial charge in [-0.15, -0.1) is 0 Å². The molecule has 2 N–H and O–H groups in total. The van der Waals surface area contributed by atoms with E-state index in [0.717, 1.165) is 29.0 Å². The van der Waals surface area contributed by atoms with Crippen LogP contribution in [0.15, 0.2) is 40.8 Å². The molecule has 0 aliphatic carbocycles. The number of aromatic nitrogens is 2. The molecule has 0 spiro atoms. The van der Waals surface area contributed by atoms with Crippen molar-refractivity contribution in [2.75, 3.05) is 6.54 Å². The van der Waals surface area contributed by atoms with Crippen LogP contribution in [0.25, 0.3) is 11.0 Å². The Morgan fingerprint density at radius 2 is 2.14 bits per heavy atom. The van der Waals surface area contributed by atoms with Gasteiger partial charge >= 0.3 is 0 Å². The van der Waals surface area contributed by atoms with Crippen molar-refractivity contribution in [1.82, 2.24) is 15.3 Å². The van der Waals surface area contributed by atoms with E-state index < -0.39 is 0 Å². The number of nitrogens with one attached hydrogen (secondary N) is 2. The zero-order valence-electron chi connectivity index (χ0n) is 11.8. The number of benzene rings is 1. The molecule has 2 aromatic heterocycles. The van der Waals surface area contributed by atoms with Gasteiger partial charge in [-0.2, -0.15) is 0 Å². The number of aryl methyl sites for hydroxylation is 1. The van der Waals surface area contributed by atoms with Gasteiger partial charge in [0.1, 0.15) is 11.6 Å². The number of amides is 1.